The zero-order chi connectivity index (χ0) is 15.6. The number of pyridine rings is 1. The molecule has 0 saturated heterocycles. The smallest absolute Gasteiger partial charge is 0.412 e. The number of aromatic nitrogens is 2. The van der Waals surface area contributed by atoms with Crippen molar-refractivity contribution in [2.45, 2.75) is 32.8 Å². The van der Waals surface area contributed by atoms with E-state index in [1.165, 1.54) is 0 Å². The van der Waals surface area contributed by atoms with Gasteiger partial charge in [-0.05, 0) is 32.9 Å². The Morgan fingerprint density at radius 1 is 1.38 bits per heavy atom. The normalized spacial score (nSPS) is 11.4. The number of amides is 1. The molecule has 1 amide bonds. The van der Waals surface area contributed by atoms with Crippen LogP contribution in [0.4, 0.5) is 10.5 Å². The van der Waals surface area contributed by atoms with Gasteiger partial charge in [0.25, 0.3) is 0 Å². The fraction of sp³-hybridized carbons (Fsp3) is 0.357. The number of carboxylic acid groups (broad SMARTS) is 1. The predicted octanol–water partition coefficient (Wildman–Crippen LogP) is 2.31. The van der Waals surface area contributed by atoms with Crippen LogP contribution in [0.2, 0.25) is 0 Å². The lowest BCUT2D eigenvalue weighted by atomic mass is 10.2. The number of rotatable bonds is 3. The molecule has 0 spiro atoms. The first kappa shape index (κ1) is 14.8. The summed E-state index contributed by atoms with van der Waals surface area (Å²) in [6.07, 6.45) is 2.44. The maximum absolute atomic E-state index is 11.7. The Morgan fingerprint density at radius 3 is 2.71 bits per heavy atom. The highest BCUT2D eigenvalue weighted by atomic mass is 16.6. The van der Waals surface area contributed by atoms with Crippen LogP contribution >= 0.6 is 0 Å². The molecule has 0 radical (unpaired) electrons. The average molecular weight is 291 g/mol. The minimum atomic E-state index is -0.965. The predicted molar refractivity (Wildman–Crippen MR) is 76.4 cm³/mol. The van der Waals surface area contributed by atoms with Gasteiger partial charge in [-0.15, -0.1) is 0 Å². The lowest BCUT2D eigenvalue weighted by molar-refractivity contribution is -0.136. The Labute approximate surface area is 121 Å². The number of hydrogen-bond donors (Lipinski definition) is 2. The fourth-order valence-corrected chi connectivity index (χ4v) is 1.81. The second-order valence-electron chi connectivity index (χ2n) is 5.58. The molecular weight excluding hydrogens is 274 g/mol. The molecule has 0 bridgehead atoms. The molecule has 112 valence electrons. The van der Waals surface area contributed by atoms with Crippen molar-refractivity contribution in [3.05, 3.63) is 30.4 Å². The van der Waals surface area contributed by atoms with E-state index < -0.39 is 17.7 Å². The molecule has 2 rings (SSSR count). The van der Waals surface area contributed by atoms with E-state index in [0.717, 1.165) is 5.52 Å². The zero-order valence-corrected chi connectivity index (χ0v) is 12.1. The quantitative estimate of drug-likeness (QED) is 0.905. The third kappa shape index (κ3) is 3.95. The second-order valence-corrected chi connectivity index (χ2v) is 5.58. The van der Waals surface area contributed by atoms with E-state index in [1.807, 2.05) is 0 Å². The lowest BCUT2D eigenvalue weighted by Gasteiger charge is -2.19. The number of aliphatic carboxylic acids is 1. The highest BCUT2D eigenvalue weighted by Crippen LogP contribution is 2.15. The van der Waals surface area contributed by atoms with Crippen molar-refractivity contribution in [1.29, 1.82) is 0 Å². The van der Waals surface area contributed by atoms with Crippen LogP contribution in [-0.2, 0) is 16.0 Å². The van der Waals surface area contributed by atoms with Crippen LogP contribution in [0, 0.1) is 0 Å². The summed E-state index contributed by atoms with van der Waals surface area (Å²) in [7, 11) is 0. The van der Waals surface area contributed by atoms with Crippen LogP contribution in [0.25, 0.3) is 5.52 Å². The van der Waals surface area contributed by atoms with Gasteiger partial charge in [0.15, 0.2) is 0 Å². The van der Waals surface area contributed by atoms with E-state index in [9.17, 15) is 9.59 Å². The van der Waals surface area contributed by atoms with E-state index in [4.69, 9.17) is 9.84 Å². The molecule has 0 atom stereocenters. The van der Waals surface area contributed by atoms with Crippen molar-refractivity contribution < 1.29 is 19.4 Å². The maximum Gasteiger partial charge on any atom is 0.412 e. The molecule has 0 aliphatic rings. The molecule has 2 N–H and O–H groups in total. The first-order valence-electron chi connectivity index (χ1n) is 6.42. The van der Waals surface area contributed by atoms with Crippen LogP contribution in [-0.4, -0.2) is 32.2 Å². The fourth-order valence-electron chi connectivity index (χ4n) is 1.81. The van der Waals surface area contributed by atoms with Crippen molar-refractivity contribution >= 4 is 23.3 Å². The molecule has 0 saturated carbocycles. The molecule has 7 nitrogen and oxygen atoms in total. The van der Waals surface area contributed by atoms with Gasteiger partial charge in [0.1, 0.15) is 17.8 Å². The van der Waals surface area contributed by atoms with Crippen molar-refractivity contribution in [3.63, 3.8) is 0 Å². The Morgan fingerprint density at radius 2 is 2.10 bits per heavy atom. The van der Waals surface area contributed by atoms with Gasteiger partial charge in [-0.1, -0.05) is 0 Å². The van der Waals surface area contributed by atoms with Gasteiger partial charge >= 0.3 is 12.1 Å². The summed E-state index contributed by atoms with van der Waals surface area (Å²) in [6, 6.07) is 3.44. The molecule has 0 aliphatic heterocycles. The minimum absolute atomic E-state index is 0.190. The number of nitrogens with zero attached hydrogens (tertiary/aromatic N) is 2. The summed E-state index contributed by atoms with van der Waals surface area (Å²) < 4.78 is 6.79. The Hall–Kier alpha value is -2.57. The number of nitrogens with one attached hydrogen (secondary N) is 1. The van der Waals surface area contributed by atoms with E-state index in [-0.39, 0.29) is 6.42 Å². The third-order valence-electron chi connectivity index (χ3n) is 2.56. The van der Waals surface area contributed by atoms with E-state index in [1.54, 1.807) is 49.7 Å². The first-order valence-corrected chi connectivity index (χ1v) is 6.42. The standard InChI is InChI=1S/C14H17N3O4/c1-14(2,3)21-13(20)16-9-4-5-10-7-15-11(6-12(18)19)17(10)8-9/h4-5,7-8H,6H2,1-3H3,(H,16,20)(H,18,19). The van der Waals surface area contributed by atoms with Crippen molar-refractivity contribution in [2.75, 3.05) is 5.32 Å². The number of fused-ring (bicyclic) bond motifs is 1. The number of anilines is 1. The number of carbonyl (C=O) groups excluding carboxylic acids is 1. The Bertz CT molecular complexity index is 685. The summed E-state index contributed by atoms with van der Waals surface area (Å²) in [5, 5.41) is 11.4. The van der Waals surface area contributed by atoms with Crippen molar-refractivity contribution in [1.82, 2.24) is 9.38 Å². The monoisotopic (exact) mass is 291 g/mol. The van der Waals surface area contributed by atoms with Gasteiger partial charge in [-0.2, -0.15) is 0 Å². The summed E-state index contributed by atoms with van der Waals surface area (Å²) in [5.41, 5.74) is 0.667. The van der Waals surface area contributed by atoms with Crippen LogP contribution in [0.1, 0.15) is 26.6 Å². The van der Waals surface area contributed by atoms with Gasteiger partial charge in [0.05, 0.1) is 17.4 Å². The number of hydrogen-bond acceptors (Lipinski definition) is 4. The van der Waals surface area contributed by atoms with E-state index >= 15 is 0 Å². The molecule has 0 aromatic carbocycles. The molecule has 7 heteroatoms. The van der Waals surface area contributed by atoms with E-state index in [0.29, 0.717) is 11.5 Å². The highest BCUT2D eigenvalue weighted by Gasteiger charge is 2.16. The summed E-state index contributed by atoms with van der Waals surface area (Å²) in [5.74, 6) is -0.571. The Kier molecular flexibility index (Phi) is 3.84. The SMILES string of the molecule is CC(C)(C)OC(=O)Nc1ccc2cnc(CC(=O)O)n2c1. The number of carbonyl (C=O) groups is 2. The molecule has 0 aliphatic carbocycles. The number of carboxylic acids is 1. The van der Waals surface area contributed by atoms with Crippen molar-refractivity contribution in [2.24, 2.45) is 0 Å². The molecule has 2 aromatic rings. The van der Waals surface area contributed by atoms with Gasteiger partial charge in [-0.25, -0.2) is 9.78 Å². The molecule has 2 aromatic heterocycles. The third-order valence-corrected chi connectivity index (χ3v) is 2.56. The minimum Gasteiger partial charge on any atom is -0.481 e. The number of imidazole rings is 1. The van der Waals surface area contributed by atoms with Crippen LogP contribution in [0.5, 0.6) is 0 Å². The molecule has 21 heavy (non-hydrogen) atoms. The molecule has 0 fully saturated rings. The average Bonchev–Trinajstić information content (AvgIpc) is 2.68. The van der Waals surface area contributed by atoms with Gasteiger partial charge in [-0.3, -0.25) is 10.1 Å². The van der Waals surface area contributed by atoms with E-state index in [2.05, 4.69) is 10.3 Å². The van der Waals surface area contributed by atoms with Crippen molar-refractivity contribution in [3.8, 4) is 0 Å². The zero-order valence-electron chi connectivity index (χ0n) is 12.1. The van der Waals surface area contributed by atoms with Crippen LogP contribution in [0.15, 0.2) is 24.5 Å². The van der Waals surface area contributed by atoms with Crippen LogP contribution < -0.4 is 5.32 Å². The summed E-state index contributed by atoms with van der Waals surface area (Å²) >= 11 is 0. The molecular formula is C14H17N3O4. The molecule has 0 unspecified atom stereocenters. The van der Waals surface area contributed by atoms with Crippen LogP contribution in [0.3, 0.4) is 0 Å². The topological polar surface area (TPSA) is 92.9 Å². The van der Waals surface area contributed by atoms with Gasteiger partial charge in [0.2, 0.25) is 0 Å². The largest absolute Gasteiger partial charge is 0.481 e. The Balaban J connectivity index is 2.21. The molecule has 2 heterocycles. The maximum atomic E-state index is 11.7. The van der Waals surface area contributed by atoms with Gasteiger partial charge < -0.3 is 14.2 Å². The first-order chi connectivity index (χ1) is 9.74. The summed E-state index contributed by atoms with van der Waals surface area (Å²) in [4.78, 5) is 26.6. The highest BCUT2D eigenvalue weighted by molar-refractivity contribution is 5.85. The lowest BCUT2D eigenvalue weighted by Crippen LogP contribution is -2.27. The summed E-state index contributed by atoms with van der Waals surface area (Å²) in [6.45, 7) is 5.32. The number of ether oxygens (including phenoxy) is 1. The second kappa shape index (κ2) is 5.43. The van der Waals surface area contributed by atoms with Gasteiger partial charge in [0, 0.05) is 6.20 Å².